The fraction of sp³-hybridized carbons (Fsp3) is 0. The Morgan fingerprint density at radius 2 is 0.904 bits per heavy atom. The van der Waals surface area contributed by atoms with Crippen molar-refractivity contribution in [1.29, 1.82) is 0 Å². The molecular formula is C46H29N5O. The second kappa shape index (κ2) is 12.3. The normalized spacial score (nSPS) is 11.5. The lowest BCUT2D eigenvalue weighted by atomic mass is 10.1. The second-order valence-electron chi connectivity index (χ2n) is 12.7. The van der Waals surface area contributed by atoms with Crippen molar-refractivity contribution < 1.29 is 4.42 Å². The van der Waals surface area contributed by atoms with E-state index in [0.717, 1.165) is 72.3 Å². The lowest BCUT2D eigenvalue weighted by Crippen LogP contribution is -2.00. The second-order valence-corrected chi connectivity index (χ2v) is 12.7. The van der Waals surface area contributed by atoms with E-state index in [0.29, 0.717) is 23.1 Å². The summed E-state index contributed by atoms with van der Waals surface area (Å²) in [5.74, 6) is 2.55. The molecular weight excluding hydrogens is 639 g/mol. The van der Waals surface area contributed by atoms with Crippen LogP contribution in [0.5, 0.6) is 0 Å². The van der Waals surface area contributed by atoms with E-state index in [2.05, 4.69) is 95.6 Å². The summed E-state index contributed by atoms with van der Waals surface area (Å²) in [5.41, 5.74) is 10.2. The molecule has 3 aromatic heterocycles. The van der Waals surface area contributed by atoms with Gasteiger partial charge in [0.05, 0.1) is 22.2 Å². The average molecular weight is 668 g/mol. The van der Waals surface area contributed by atoms with E-state index >= 15 is 0 Å². The van der Waals surface area contributed by atoms with Crippen molar-refractivity contribution in [3.63, 3.8) is 0 Å². The summed E-state index contributed by atoms with van der Waals surface area (Å²) in [6.45, 7) is 0. The molecule has 52 heavy (non-hydrogen) atoms. The smallest absolute Gasteiger partial charge is 0.167 e. The van der Waals surface area contributed by atoms with Crippen LogP contribution in [-0.4, -0.2) is 24.5 Å². The molecule has 6 heteroatoms. The Bertz CT molecular complexity index is 2820. The molecule has 0 aliphatic heterocycles. The van der Waals surface area contributed by atoms with Gasteiger partial charge < -0.3 is 4.42 Å². The van der Waals surface area contributed by atoms with Gasteiger partial charge in [-0.05, 0) is 47.5 Å². The maximum Gasteiger partial charge on any atom is 0.167 e. The zero-order chi connectivity index (χ0) is 34.4. The zero-order valence-corrected chi connectivity index (χ0v) is 27.9. The number of rotatable bonds is 6. The Hall–Kier alpha value is -7.18. The van der Waals surface area contributed by atoms with Crippen LogP contribution in [0.1, 0.15) is 0 Å². The zero-order valence-electron chi connectivity index (χ0n) is 27.9. The first-order valence-electron chi connectivity index (χ1n) is 17.2. The van der Waals surface area contributed by atoms with E-state index in [1.807, 2.05) is 84.9 Å². The molecule has 6 nitrogen and oxygen atoms in total. The van der Waals surface area contributed by atoms with Crippen molar-refractivity contribution in [1.82, 2.24) is 24.5 Å². The first-order chi connectivity index (χ1) is 25.8. The van der Waals surface area contributed by atoms with Crippen molar-refractivity contribution in [3.8, 4) is 62.4 Å². The van der Waals surface area contributed by atoms with Crippen molar-refractivity contribution in [2.45, 2.75) is 0 Å². The van der Waals surface area contributed by atoms with Crippen LogP contribution in [0.4, 0.5) is 0 Å². The third-order valence-corrected chi connectivity index (χ3v) is 9.48. The van der Waals surface area contributed by atoms with Crippen LogP contribution in [-0.2, 0) is 0 Å². The van der Waals surface area contributed by atoms with Crippen LogP contribution in [0, 0.1) is 0 Å². The summed E-state index contributed by atoms with van der Waals surface area (Å²) in [6.07, 6.45) is 0. The highest BCUT2D eigenvalue weighted by Crippen LogP contribution is 2.41. The molecule has 10 aromatic rings. The third kappa shape index (κ3) is 5.05. The highest BCUT2D eigenvalue weighted by Gasteiger charge is 2.22. The molecule has 0 fully saturated rings. The summed E-state index contributed by atoms with van der Waals surface area (Å²) >= 11 is 0. The highest BCUT2D eigenvalue weighted by atomic mass is 16.3. The van der Waals surface area contributed by atoms with Gasteiger partial charge in [0.1, 0.15) is 17.0 Å². The van der Waals surface area contributed by atoms with Crippen molar-refractivity contribution in [3.05, 3.63) is 176 Å². The predicted octanol–water partition coefficient (Wildman–Crippen LogP) is 11.4. The molecule has 0 saturated heterocycles. The number of aromatic nitrogens is 5. The topological polar surface area (TPSA) is 69.6 Å². The van der Waals surface area contributed by atoms with Crippen LogP contribution < -0.4 is 0 Å². The van der Waals surface area contributed by atoms with Crippen LogP contribution in [0.15, 0.2) is 180 Å². The molecule has 244 valence electrons. The van der Waals surface area contributed by atoms with Crippen LogP contribution in [0.25, 0.3) is 95.3 Å². The van der Waals surface area contributed by atoms with E-state index in [4.69, 9.17) is 24.4 Å². The number of hydrogen-bond acceptors (Lipinski definition) is 5. The lowest BCUT2D eigenvalue weighted by Gasteiger charge is -2.10. The fourth-order valence-electron chi connectivity index (χ4n) is 7.01. The molecule has 0 unspecified atom stereocenters. The minimum Gasteiger partial charge on any atom is -0.455 e. The van der Waals surface area contributed by atoms with Gasteiger partial charge in [-0.25, -0.2) is 19.9 Å². The number of imidazole rings is 1. The predicted molar refractivity (Wildman–Crippen MR) is 209 cm³/mol. The summed E-state index contributed by atoms with van der Waals surface area (Å²) in [7, 11) is 0. The Morgan fingerprint density at radius 3 is 1.52 bits per heavy atom. The molecule has 7 aromatic carbocycles. The molecule has 0 amide bonds. The fourth-order valence-corrected chi connectivity index (χ4v) is 7.01. The number of para-hydroxylation sites is 3. The minimum absolute atomic E-state index is 0.545. The summed E-state index contributed by atoms with van der Waals surface area (Å²) in [4.78, 5) is 20.2. The number of nitrogens with zero attached hydrogens (tertiary/aromatic N) is 5. The highest BCUT2D eigenvalue weighted by molar-refractivity contribution is 6.12. The SMILES string of the molecule is c1ccc(-c2ccc3c(c2)nc(-c2cccc4c2oc2c(-c5nc(-c6ccccc6)nc(-c6ccccc6)n5)cccc24)n3-c2ccccc2)cc1. The molecule has 0 aliphatic rings. The molecule has 0 radical (unpaired) electrons. The Balaban J connectivity index is 1.20. The van der Waals surface area contributed by atoms with Gasteiger partial charge in [0.2, 0.25) is 0 Å². The lowest BCUT2D eigenvalue weighted by molar-refractivity contribution is 0.670. The van der Waals surface area contributed by atoms with Gasteiger partial charge in [-0.1, -0.05) is 140 Å². The number of fused-ring (bicyclic) bond motifs is 4. The van der Waals surface area contributed by atoms with Gasteiger partial charge in [0.25, 0.3) is 0 Å². The molecule has 0 N–H and O–H groups in total. The maximum absolute atomic E-state index is 6.94. The van der Waals surface area contributed by atoms with E-state index in [9.17, 15) is 0 Å². The number of hydrogen-bond donors (Lipinski definition) is 0. The summed E-state index contributed by atoms with van der Waals surface area (Å²) in [5, 5.41) is 1.97. The van der Waals surface area contributed by atoms with Crippen molar-refractivity contribution in [2.75, 3.05) is 0 Å². The van der Waals surface area contributed by atoms with E-state index in [1.54, 1.807) is 0 Å². The van der Waals surface area contributed by atoms with Gasteiger partial charge in [-0.15, -0.1) is 0 Å². The van der Waals surface area contributed by atoms with Crippen molar-refractivity contribution in [2.24, 2.45) is 0 Å². The quantitative estimate of drug-likeness (QED) is 0.176. The summed E-state index contributed by atoms with van der Waals surface area (Å²) < 4.78 is 9.16. The Kier molecular flexibility index (Phi) is 7.03. The van der Waals surface area contributed by atoms with Gasteiger partial charge in [-0.3, -0.25) is 4.57 Å². The van der Waals surface area contributed by atoms with Gasteiger partial charge >= 0.3 is 0 Å². The Labute approximate surface area is 299 Å². The van der Waals surface area contributed by atoms with Crippen LogP contribution >= 0.6 is 0 Å². The number of benzene rings is 7. The standard InChI is InChI=1S/C46H29N5O/c1-5-15-30(16-6-1)33-27-28-40-39(29-33)47-46(51(40)34-21-11-4-12-22-34)38-26-14-24-36-35-23-13-25-37(41(35)52-42(36)38)45-49-43(31-17-7-2-8-18-31)48-44(50-45)32-19-9-3-10-20-32/h1-29H. The monoisotopic (exact) mass is 667 g/mol. The van der Waals surface area contributed by atoms with Crippen LogP contribution in [0.2, 0.25) is 0 Å². The van der Waals surface area contributed by atoms with Gasteiger partial charge in [0.15, 0.2) is 17.5 Å². The first kappa shape index (κ1) is 29.7. The molecule has 0 atom stereocenters. The molecule has 0 saturated carbocycles. The molecule has 0 aliphatic carbocycles. The van der Waals surface area contributed by atoms with E-state index < -0.39 is 0 Å². The minimum atomic E-state index is 0.545. The van der Waals surface area contributed by atoms with E-state index in [-0.39, 0.29) is 0 Å². The largest absolute Gasteiger partial charge is 0.455 e. The molecule has 0 bridgehead atoms. The Morgan fingerprint density at radius 1 is 0.385 bits per heavy atom. The van der Waals surface area contributed by atoms with Gasteiger partial charge in [-0.2, -0.15) is 0 Å². The molecule has 10 rings (SSSR count). The summed E-state index contributed by atoms with van der Waals surface area (Å²) in [6, 6.07) is 59.7. The third-order valence-electron chi connectivity index (χ3n) is 9.48. The van der Waals surface area contributed by atoms with Gasteiger partial charge in [0, 0.05) is 27.6 Å². The van der Waals surface area contributed by atoms with Crippen molar-refractivity contribution >= 4 is 33.0 Å². The molecule has 3 heterocycles. The number of furan rings is 1. The van der Waals surface area contributed by atoms with E-state index in [1.165, 1.54) is 0 Å². The average Bonchev–Trinajstić information content (AvgIpc) is 3.81. The first-order valence-corrected chi connectivity index (χ1v) is 17.2. The molecule has 0 spiro atoms. The maximum atomic E-state index is 6.94. The van der Waals surface area contributed by atoms with Crippen LogP contribution in [0.3, 0.4) is 0 Å².